The minimum Gasteiger partial charge on any atom is -0.338 e. The first kappa shape index (κ1) is 21.1. The van der Waals surface area contributed by atoms with Crippen molar-refractivity contribution in [2.45, 2.75) is 18.4 Å². The maximum absolute atomic E-state index is 13.7. The molecule has 2 aromatic rings. The van der Waals surface area contributed by atoms with E-state index < -0.39 is 21.7 Å². The molecule has 10 heteroatoms. The van der Waals surface area contributed by atoms with Gasteiger partial charge in [0, 0.05) is 51.1 Å². The van der Waals surface area contributed by atoms with E-state index >= 15 is 0 Å². The summed E-state index contributed by atoms with van der Waals surface area (Å²) in [6.07, 6.45) is 4.31. The van der Waals surface area contributed by atoms with Crippen LogP contribution in [-0.2, 0) is 21.9 Å². The number of carbonyl (C=O) groups excluding carboxylic acids is 1. The summed E-state index contributed by atoms with van der Waals surface area (Å²) < 4.78 is 55.5. The van der Waals surface area contributed by atoms with Crippen molar-refractivity contribution in [2.24, 2.45) is 7.05 Å². The fourth-order valence-electron chi connectivity index (χ4n) is 3.05. The van der Waals surface area contributed by atoms with E-state index in [1.54, 1.807) is 18.5 Å². The molecule has 0 aliphatic carbocycles. The first-order valence-electron chi connectivity index (χ1n) is 9.10. The van der Waals surface area contributed by atoms with E-state index in [-0.39, 0.29) is 36.1 Å². The Balaban J connectivity index is 1.68. The van der Waals surface area contributed by atoms with Crippen molar-refractivity contribution < 1.29 is 22.0 Å². The van der Waals surface area contributed by atoms with Crippen LogP contribution < -0.4 is 0 Å². The van der Waals surface area contributed by atoms with Gasteiger partial charge in [-0.2, -0.15) is 4.31 Å². The highest BCUT2D eigenvalue weighted by atomic mass is 32.2. The number of benzene rings is 1. The van der Waals surface area contributed by atoms with Gasteiger partial charge >= 0.3 is 0 Å². The number of rotatable bonds is 4. The van der Waals surface area contributed by atoms with Gasteiger partial charge in [-0.1, -0.05) is 0 Å². The summed E-state index contributed by atoms with van der Waals surface area (Å²) >= 11 is 0. The Bertz CT molecular complexity index is 1030. The summed E-state index contributed by atoms with van der Waals surface area (Å²) in [6, 6.07) is 3.00. The second-order valence-electron chi connectivity index (χ2n) is 6.82. The molecule has 1 aliphatic rings. The molecule has 1 aromatic heterocycles. The van der Waals surface area contributed by atoms with Crippen LogP contribution in [0.15, 0.2) is 35.5 Å². The van der Waals surface area contributed by atoms with E-state index in [1.807, 2.05) is 0 Å². The van der Waals surface area contributed by atoms with Crippen molar-refractivity contribution in [1.82, 2.24) is 18.8 Å². The van der Waals surface area contributed by atoms with Crippen LogP contribution in [0, 0.1) is 18.6 Å². The van der Waals surface area contributed by atoms with Crippen LogP contribution in [0.1, 0.15) is 17.8 Å². The summed E-state index contributed by atoms with van der Waals surface area (Å²) in [4.78, 5) is 18.0. The van der Waals surface area contributed by atoms with Crippen LogP contribution in [0.3, 0.4) is 0 Å². The van der Waals surface area contributed by atoms with E-state index in [0.717, 1.165) is 18.2 Å². The molecule has 29 heavy (non-hydrogen) atoms. The fourth-order valence-corrected chi connectivity index (χ4v) is 4.54. The number of nitrogens with zero attached hydrogens (tertiary/aromatic N) is 4. The Morgan fingerprint density at radius 2 is 1.93 bits per heavy atom. The Hall–Kier alpha value is -2.59. The van der Waals surface area contributed by atoms with Crippen molar-refractivity contribution in [3.8, 4) is 0 Å². The zero-order valence-electron chi connectivity index (χ0n) is 16.2. The Kier molecular flexibility index (Phi) is 6.13. The summed E-state index contributed by atoms with van der Waals surface area (Å²) in [5, 5.41) is -0.0150. The number of aryl methyl sites for hydroxylation is 2. The number of halogens is 2. The Morgan fingerprint density at radius 1 is 1.17 bits per heavy atom. The number of carbonyl (C=O) groups is 1. The highest BCUT2D eigenvalue weighted by Gasteiger charge is 2.30. The van der Waals surface area contributed by atoms with Gasteiger partial charge in [0.2, 0.25) is 5.91 Å². The van der Waals surface area contributed by atoms with Gasteiger partial charge in [0.05, 0.1) is 0 Å². The number of sulfonamides is 1. The van der Waals surface area contributed by atoms with E-state index in [0.29, 0.717) is 18.8 Å². The van der Waals surface area contributed by atoms with Crippen LogP contribution in [0.25, 0.3) is 6.08 Å². The molecule has 0 radical (unpaired) electrons. The number of hydrogen-bond donors (Lipinski definition) is 0. The Labute approximate surface area is 168 Å². The molecule has 0 N–H and O–H groups in total. The van der Waals surface area contributed by atoms with E-state index in [9.17, 15) is 22.0 Å². The molecule has 0 unspecified atom stereocenters. The molecule has 1 saturated heterocycles. The highest BCUT2D eigenvalue weighted by Crippen LogP contribution is 2.18. The van der Waals surface area contributed by atoms with Gasteiger partial charge in [-0.05, 0) is 37.6 Å². The maximum Gasteiger partial charge on any atom is 0.262 e. The fraction of sp³-hybridized carbons (Fsp3) is 0.368. The van der Waals surface area contributed by atoms with Gasteiger partial charge in [0.25, 0.3) is 10.0 Å². The third-order valence-electron chi connectivity index (χ3n) is 4.82. The lowest BCUT2D eigenvalue weighted by Crippen LogP contribution is -2.37. The van der Waals surface area contributed by atoms with Crippen molar-refractivity contribution in [3.63, 3.8) is 0 Å². The van der Waals surface area contributed by atoms with E-state index in [4.69, 9.17) is 0 Å². The Morgan fingerprint density at radius 3 is 2.62 bits per heavy atom. The van der Waals surface area contributed by atoms with Gasteiger partial charge in [0.15, 0.2) is 5.03 Å². The van der Waals surface area contributed by atoms with E-state index in [2.05, 4.69) is 4.98 Å². The van der Waals surface area contributed by atoms with Gasteiger partial charge < -0.3 is 9.47 Å². The zero-order chi connectivity index (χ0) is 21.2. The number of amides is 1. The summed E-state index contributed by atoms with van der Waals surface area (Å²) in [5.41, 5.74) is -0.0251. The molecule has 1 aromatic carbocycles. The van der Waals surface area contributed by atoms with Gasteiger partial charge in [-0.3, -0.25) is 4.79 Å². The molecule has 156 valence electrons. The average molecular weight is 424 g/mol. The first-order valence-corrected chi connectivity index (χ1v) is 10.5. The lowest BCUT2D eigenvalue weighted by atomic mass is 10.2. The van der Waals surface area contributed by atoms with Crippen LogP contribution in [-0.4, -0.2) is 59.3 Å². The summed E-state index contributed by atoms with van der Waals surface area (Å²) in [6.45, 7) is 2.67. The third kappa shape index (κ3) is 4.70. The van der Waals surface area contributed by atoms with Crippen molar-refractivity contribution in [1.29, 1.82) is 0 Å². The average Bonchev–Trinajstić information content (AvgIpc) is 2.88. The van der Waals surface area contributed by atoms with Crippen LogP contribution in [0.4, 0.5) is 8.78 Å². The molecule has 1 fully saturated rings. The number of aromatic nitrogens is 2. The first-order chi connectivity index (χ1) is 13.7. The minimum atomic E-state index is -3.75. The van der Waals surface area contributed by atoms with Crippen LogP contribution >= 0.6 is 0 Å². The topological polar surface area (TPSA) is 75.5 Å². The largest absolute Gasteiger partial charge is 0.338 e. The molecule has 0 bridgehead atoms. The number of imidazole rings is 1. The molecule has 1 amide bonds. The predicted molar refractivity (Wildman–Crippen MR) is 103 cm³/mol. The van der Waals surface area contributed by atoms with Crippen molar-refractivity contribution >= 4 is 22.0 Å². The molecule has 1 aliphatic heterocycles. The summed E-state index contributed by atoms with van der Waals surface area (Å²) in [5.74, 6) is -1.03. The lowest BCUT2D eigenvalue weighted by molar-refractivity contribution is -0.125. The molecular formula is C19H22F2N4O3S. The molecule has 0 saturated carbocycles. The second-order valence-corrected chi connectivity index (χ2v) is 8.70. The van der Waals surface area contributed by atoms with Gasteiger partial charge in [-0.15, -0.1) is 0 Å². The third-order valence-corrected chi connectivity index (χ3v) is 6.59. The highest BCUT2D eigenvalue weighted by molar-refractivity contribution is 7.89. The second kappa shape index (κ2) is 8.42. The maximum atomic E-state index is 13.7. The standard InChI is InChI=1S/C19H22F2N4O3S/c1-14-22-18(13-23(14)2)29(27,28)25-9-3-8-24(10-11-25)19(26)7-4-15-12-16(20)5-6-17(15)21/h4-7,12-13H,3,8-11H2,1-2H3/b7-4+. The van der Waals surface area contributed by atoms with Crippen molar-refractivity contribution in [2.75, 3.05) is 26.2 Å². The SMILES string of the molecule is Cc1nc(S(=O)(=O)N2CCCN(C(=O)/C=C/c3cc(F)ccc3F)CC2)cn1C. The van der Waals surface area contributed by atoms with Crippen LogP contribution in [0.5, 0.6) is 0 Å². The monoisotopic (exact) mass is 424 g/mol. The minimum absolute atomic E-state index is 0.0150. The van der Waals surface area contributed by atoms with Gasteiger partial charge in [0.1, 0.15) is 17.5 Å². The van der Waals surface area contributed by atoms with E-state index in [1.165, 1.54) is 27.6 Å². The molecule has 3 rings (SSSR count). The zero-order valence-corrected chi connectivity index (χ0v) is 17.0. The normalized spacial score (nSPS) is 16.3. The van der Waals surface area contributed by atoms with Crippen LogP contribution in [0.2, 0.25) is 0 Å². The molecule has 2 heterocycles. The molecule has 0 atom stereocenters. The molecule has 7 nitrogen and oxygen atoms in total. The van der Waals surface area contributed by atoms with Gasteiger partial charge in [-0.25, -0.2) is 22.2 Å². The predicted octanol–water partition coefficient (Wildman–Crippen LogP) is 1.94. The summed E-state index contributed by atoms with van der Waals surface area (Å²) in [7, 11) is -2.03. The molecule has 0 spiro atoms. The van der Waals surface area contributed by atoms with Crippen molar-refractivity contribution in [3.05, 3.63) is 53.5 Å². The lowest BCUT2D eigenvalue weighted by Gasteiger charge is -2.20. The molecular weight excluding hydrogens is 402 g/mol. The smallest absolute Gasteiger partial charge is 0.262 e. The number of hydrogen-bond acceptors (Lipinski definition) is 4. The quantitative estimate of drug-likeness (QED) is 0.703.